The minimum Gasteiger partial charge on any atom is -0.497 e. The van der Waals surface area contributed by atoms with Crippen molar-refractivity contribution in [1.29, 1.82) is 0 Å². The molecule has 0 fully saturated rings. The first-order valence-electron chi connectivity index (χ1n) is 6.95. The third kappa shape index (κ3) is 2.78. The summed E-state index contributed by atoms with van der Waals surface area (Å²) in [5, 5.41) is 0.389. The number of fused-ring (bicyclic) bond motifs is 1. The van der Waals surface area contributed by atoms with Gasteiger partial charge in [0.15, 0.2) is 0 Å². The van der Waals surface area contributed by atoms with E-state index in [-0.39, 0.29) is 0 Å². The average molecular weight is 310 g/mol. The molecule has 0 N–H and O–H groups in total. The van der Waals surface area contributed by atoms with Crippen LogP contribution in [0.4, 0.5) is 0 Å². The third-order valence-corrected chi connectivity index (χ3v) is 3.40. The zero-order chi connectivity index (χ0) is 16.4. The zero-order valence-corrected chi connectivity index (χ0v) is 12.6. The number of nitrogens with zero attached hydrogens (tertiary/aromatic N) is 2. The molecule has 23 heavy (non-hydrogen) atoms. The van der Waals surface area contributed by atoms with Crippen LogP contribution in [0.5, 0.6) is 5.75 Å². The summed E-state index contributed by atoms with van der Waals surface area (Å²) in [6.45, 7) is 1.61. The van der Waals surface area contributed by atoms with Crippen LogP contribution in [-0.4, -0.2) is 22.8 Å². The fourth-order valence-corrected chi connectivity index (χ4v) is 2.20. The lowest BCUT2D eigenvalue weighted by atomic mass is 10.2. The summed E-state index contributed by atoms with van der Waals surface area (Å²) in [6.07, 6.45) is 0. The molecule has 0 spiro atoms. The minimum absolute atomic E-state index is 0.301. The van der Waals surface area contributed by atoms with Crippen molar-refractivity contribution in [1.82, 2.24) is 9.71 Å². The van der Waals surface area contributed by atoms with Crippen molar-refractivity contribution in [3.8, 4) is 5.75 Å². The highest BCUT2D eigenvalue weighted by Gasteiger charge is 2.14. The van der Waals surface area contributed by atoms with E-state index >= 15 is 0 Å². The molecule has 0 aliphatic rings. The van der Waals surface area contributed by atoms with Gasteiger partial charge in [-0.05, 0) is 43.3 Å². The van der Waals surface area contributed by atoms with Crippen molar-refractivity contribution < 1.29 is 14.4 Å². The minimum atomic E-state index is -0.644. The second-order valence-corrected chi connectivity index (χ2v) is 4.88. The molecule has 0 saturated heterocycles. The number of carbonyl (C=O) groups excluding carboxylic acids is 1. The van der Waals surface area contributed by atoms with E-state index < -0.39 is 11.5 Å². The molecule has 0 bridgehead atoms. The van der Waals surface area contributed by atoms with Crippen molar-refractivity contribution in [2.75, 3.05) is 7.11 Å². The van der Waals surface area contributed by atoms with Gasteiger partial charge in [0.2, 0.25) is 0 Å². The third-order valence-electron chi connectivity index (χ3n) is 3.40. The number of aryl methyl sites for hydroxylation is 1. The smallest absolute Gasteiger partial charge is 0.363 e. The molecule has 3 aromatic rings. The summed E-state index contributed by atoms with van der Waals surface area (Å²) in [5.41, 5.74) is 0.451. The van der Waals surface area contributed by atoms with Crippen molar-refractivity contribution in [3.05, 3.63) is 70.3 Å². The van der Waals surface area contributed by atoms with E-state index in [1.807, 2.05) is 0 Å². The van der Waals surface area contributed by atoms with Gasteiger partial charge in [-0.25, -0.2) is 9.78 Å². The maximum Gasteiger partial charge on any atom is 0.363 e. The van der Waals surface area contributed by atoms with Gasteiger partial charge in [0, 0.05) is 0 Å². The summed E-state index contributed by atoms with van der Waals surface area (Å²) in [4.78, 5) is 34.1. The van der Waals surface area contributed by atoms with E-state index in [0.717, 1.165) is 4.73 Å². The molecule has 0 radical (unpaired) electrons. The monoisotopic (exact) mass is 310 g/mol. The summed E-state index contributed by atoms with van der Waals surface area (Å²) in [6, 6.07) is 13.3. The lowest BCUT2D eigenvalue weighted by molar-refractivity contribution is 0.0428. The Labute approximate surface area is 131 Å². The fourth-order valence-electron chi connectivity index (χ4n) is 2.20. The molecule has 0 amide bonds. The zero-order valence-electron chi connectivity index (χ0n) is 12.6. The number of para-hydroxylation sites is 1. The van der Waals surface area contributed by atoms with Crippen LogP contribution in [-0.2, 0) is 0 Å². The van der Waals surface area contributed by atoms with Crippen molar-refractivity contribution in [2.45, 2.75) is 6.92 Å². The highest BCUT2D eigenvalue weighted by Crippen LogP contribution is 2.12. The van der Waals surface area contributed by atoms with E-state index in [9.17, 15) is 9.59 Å². The molecule has 0 atom stereocenters. The maximum absolute atomic E-state index is 12.4. The molecule has 2 aromatic carbocycles. The summed E-state index contributed by atoms with van der Waals surface area (Å²) in [7, 11) is 1.54. The molecule has 0 aliphatic carbocycles. The van der Waals surface area contributed by atoms with Gasteiger partial charge in [-0.15, -0.1) is 4.73 Å². The van der Waals surface area contributed by atoms with Gasteiger partial charge >= 0.3 is 5.97 Å². The first-order chi connectivity index (χ1) is 11.1. The molecule has 6 heteroatoms. The Morgan fingerprint density at radius 3 is 2.48 bits per heavy atom. The average Bonchev–Trinajstić information content (AvgIpc) is 2.58. The summed E-state index contributed by atoms with van der Waals surface area (Å²) < 4.78 is 5.95. The quantitative estimate of drug-likeness (QED) is 0.740. The van der Waals surface area contributed by atoms with Crippen LogP contribution < -0.4 is 15.1 Å². The van der Waals surface area contributed by atoms with Crippen LogP contribution in [0.1, 0.15) is 16.2 Å². The predicted molar refractivity (Wildman–Crippen MR) is 84.6 cm³/mol. The first kappa shape index (κ1) is 14.8. The molecular weight excluding hydrogens is 296 g/mol. The standard InChI is InChI=1S/C17H14N2O4/c1-11-18-15-6-4-3-5-14(15)16(20)19(11)23-17(21)12-7-9-13(22-2)10-8-12/h3-10H,1-2H3. The number of carbonyl (C=O) groups is 1. The van der Waals surface area contributed by atoms with Crippen LogP contribution in [0, 0.1) is 6.92 Å². The van der Waals surface area contributed by atoms with Gasteiger partial charge in [0.05, 0.1) is 23.6 Å². The van der Waals surface area contributed by atoms with E-state index in [1.54, 1.807) is 55.5 Å². The van der Waals surface area contributed by atoms with Gasteiger partial charge in [-0.2, -0.15) is 0 Å². The Morgan fingerprint density at radius 1 is 1.09 bits per heavy atom. The van der Waals surface area contributed by atoms with E-state index in [1.165, 1.54) is 7.11 Å². The predicted octanol–water partition coefficient (Wildman–Crippen LogP) is 1.98. The number of benzene rings is 2. The fraction of sp³-hybridized carbons (Fsp3) is 0.118. The van der Waals surface area contributed by atoms with Crippen LogP contribution in [0.15, 0.2) is 53.3 Å². The Bertz CT molecular complexity index is 929. The molecule has 1 aromatic heterocycles. The SMILES string of the molecule is COc1ccc(C(=O)On2c(C)nc3ccccc3c2=O)cc1. The second kappa shape index (κ2) is 5.92. The number of hydrogen-bond donors (Lipinski definition) is 0. The van der Waals surface area contributed by atoms with Crippen molar-refractivity contribution in [3.63, 3.8) is 0 Å². The number of hydrogen-bond acceptors (Lipinski definition) is 5. The van der Waals surface area contributed by atoms with E-state index in [4.69, 9.17) is 9.57 Å². The van der Waals surface area contributed by atoms with Crippen molar-refractivity contribution in [2.24, 2.45) is 0 Å². The molecule has 0 saturated carbocycles. The summed E-state index contributed by atoms with van der Waals surface area (Å²) in [5.74, 6) is 0.285. The molecule has 0 aliphatic heterocycles. The van der Waals surface area contributed by atoms with Gasteiger partial charge in [-0.3, -0.25) is 4.79 Å². The van der Waals surface area contributed by atoms with Gasteiger partial charge < -0.3 is 9.57 Å². The number of ether oxygens (including phenoxy) is 1. The number of aromatic nitrogens is 2. The molecule has 0 unspecified atom stereocenters. The van der Waals surface area contributed by atoms with Crippen LogP contribution in [0.25, 0.3) is 10.9 Å². The van der Waals surface area contributed by atoms with Gasteiger partial charge in [0.25, 0.3) is 5.56 Å². The lowest BCUT2D eigenvalue weighted by Gasteiger charge is -2.10. The maximum atomic E-state index is 12.4. The second-order valence-electron chi connectivity index (χ2n) is 4.88. The summed E-state index contributed by atoms with van der Waals surface area (Å²) >= 11 is 0. The lowest BCUT2D eigenvalue weighted by Crippen LogP contribution is -2.33. The highest BCUT2D eigenvalue weighted by atomic mass is 16.7. The topological polar surface area (TPSA) is 70.4 Å². The highest BCUT2D eigenvalue weighted by molar-refractivity contribution is 5.89. The molecular formula is C17H14N2O4. The van der Waals surface area contributed by atoms with Crippen LogP contribution >= 0.6 is 0 Å². The molecule has 1 heterocycles. The molecule has 3 rings (SSSR count). The van der Waals surface area contributed by atoms with E-state index in [2.05, 4.69) is 4.98 Å². The van der Waals surface area contributed by atoms with Crippen LogP contribution in [0.2, 0.25) is 0 Å². The Morgan fingerprint density at radius 2 is 1.78 bits per heavy atom. The van der Waals surface area contributed by atoms with E-state index in [0.29, 0.717) is 28.0 Å². The van der Waals surface area contributed by atoms with Crippen molar-refractivity contribution >= 4 is 16.9 Å². The number of methoxy groups -OCH3 is 1. The normalized spacial score (nSPS) is 10.5. The molecule has 116 valence electrons. The first-order valence-corrected chi connectivity index (χ1v) is 6.95. The Balaban J connectivity index is 1.97. The molecule has 6 nitrogen and oxygen atoms in total. The number of rotatable bonds is 3. The Hall–Kier alpha value is -3.15. The van der Waals surface area contributed by atoms with Gasteiger partial charge in [0.1, 0.15) is 11.6 Å². The largest absolute Gasteiger partial charge is 0.497 e. The Kier molecular flexibility index (Phi) is 3.80. The van der Waals surface area contributed by atoms with Crippen LogP contribution in [0.3, 0.4) is 0 Å². The van der Waals surface area contributed by atoms with Gasteiger partial charge in [-0.1, -0.05) is 12.1 Å².